The molecule has 2 amide bonds. The topological polar surface area (TPSA) is 195 Å². The van der Waals surface area contributed by atoms with Crippen LogP contribution in [0.5, 0.6) is 0 Å². The van der Waals surface area contributed by atoms with Crippen LogP contribution in [0, 0.1) is 5.41 Å². The molecule has 0 aliphatic carbocycles. The minimum Gasteiger partial charge on any atom is -0.395 e. The fourth-order valence-corrected chi connectivity index (χ4v) is 2.60. The van der Waals surface area contributed by atoms with Gasteiger partial charge in [-0.1, -0.05) is 12.8 Å². The molecule has 0 saturated carbocycles. The predicted octanol–water partition coefficient (Wildman–Crippen LogP) is -1.88. The Labute approximate surface area is 161 Å². The Bertz CT molecular complexity index is 456. The van der Waals surface area contributed by atoms with Gasteiger partial charge in [0.05, 0.1) is 6.61 Å². The monoisotopic (exact) mass is 387 g/mol. The lowest BCUT2D eigenvalue weighted by atomic mass is 9.81. The van der Waals surface area contributed by atoms with Gasteiger partial charge in [-0.15, -0.1) is 0 Å². The number of guanidine groups is 1. The zero-order chi connectivity index (χ0) is 20.5. The minimum absolute atomic E-state index is 0.0331. The summed E-state index contributed by atoms with van der Waals surface area (Å²) < 4.78 is 0. The molecule has 10 nitrogen and oxygen atoms in total. The molecule has 0 radical (unpaired) electrons. The van der Waals surface area contributed by atoms with Gasteiger partial charge in [-0.05, 0) is 51.7 Å². The van der Waals surface area contributed by atoms with E-state index in [2.05, 4.69) is 15.6 Å². The van der Waals surface area contributed by atoms with E-state index in [4.69, 9.17) is 22.9 Å². The van der Waals surface area contributed by atoms with E-state index in [0.29, 0.717) is 32.5 Å². The first-order chi connectivity index (χ1) is 12.9. The maximum Gasteiger partial charge on any atom is 0.238 e. The molecule has 0 spiro atoms. The Morgan fingerprint density at radius 2 is 1.59 bits per heavy atom. The van der Waals surface area contributed by atoms with Crippen molar-refractivity contribution >= 4 is 17.8 Å². The lowest BCUT2D eigenvalue weighted by molar-refractivity contribution is -0.145. The number of unbranched alkanes of at least 4 members (excludes halogenated alkanes) is 3. The van der Waals surface area contributed by atoms with Gasteiger partial charge in [0.2, 0.25) is 11.8 Å². The van der Waals surface area contributed by atoms with Crippen LogP contribution in [0.3, 0.4) is 0 Å². The number of aliphatic hydroxyl groups is 1. The second kappa shape index (κ2) is 15.2. The van der Waals surface area contributed by atoms with Crippen LogP contribution in [-0.2, 0) is 9.59 Å². The van der Waals surface area contributed by atoms with E-state index in [1.807, 2.05) is 0 Å². The number of primary amides is 1. The number of hydrogen-bond donors (Lipinski definition) is 7. The van der Waals surface area contributed by atoms with E-state index in [1.165, 1.54) is 0 Å². The minimum atomic E-state index is -1.59. The zero-order valence-corrected chi connectivity index (χ0v) is 16.2. The average molecular weight is 388 g/mol. The fourth-order valence-electron chi connectivity index (χ4n) is 2.60. The number of aliphatic hydroxyl groups excluding tert-OH is 1. The first kappa shape index (κ1) is 25.1. The lowest BCUT2D eigenvalue weighted by Gasteiger charge is -2.27. The molecule has 1 atom stereocenters. The Balaban J connectivity index is 4.26. The van der Waals surface area contributed by atoms with Crippen LogP contribution in [0.1, 0.15) is 44.9 Å². The van der Waals surface area contributed by atoms with Gasteiger partial charge >= 0.3 is 0 Å². The normalized spacial score (nSPS) is 13.0. The molecule has 0 aromatic heterocycles. The molecule has 10 heteroatoms. The van der Waals surface area contributed by atoms with Crippen LogP contribution in [0.4, 0.5) is 0 Å². The Morgan fingerprint density at radius 1 is 0.926 bits per heavy atom. The van der Waals surface area contributed by atoms with E-state index < -0.39 is 23.8 Å². The van der Waals surface area contributed by atoms with E-state index >= 15 is 0 Å². The second-order valence-electron chi connectivity index (χ2n) is 6.58. The van der Waals surface area contributed by atoms with Crippen LogP contribution in [0.2, 0.25) is 0 Å². The summed E-state index contributed by atoms with van der Waals surface area (Å²) in [6.45, 7) is 2.68. The van der Waals surface area contributed by atoms with Gasteiger partial charge in [0, 0.05) is 13.1 Å². The largest absolute Gasteiger partial charge is 0.395 e. The van der Waals surface area contributed by atoms with Crippen molar-refractivity contribution in [3.8, 4) is 0 Å². The van der Waals surface area contributed by atoms with Crippen LogP contribution in [-0.4, -0.2) is 62.2 Å². The quantitative estimate of drug-likeness (QED) is 0.0656. The SMILES string of the molecule is NCCCNCCCCNC(=O)C(CO)(CCCCCN=C(N)N)C(N)=O. The average Bonchev–Trinajstić information content (AvgIpc) is 2.63. The number of amides is 2. The van der Waals surface area contributed by atoms with Gasteiger partial charge < -0.3 is 38.7 Å². The summed E-state index contributed by atoms with van der Waals surface area (Å²) in [5, 5.41) is 15.7. The smallest absolute Gasteiger partial charge is 0.238 e. The van der Waals surface area contributed by atoms with Crippen LogP contribution < -0.4 is 33.6 Å². The van der Waals surface area contributed by atoms with E-state index in [-0.39, 0.29) is 12.4 Å². The predicted molar refractivity (Wildman–Crippen MR) is 107 cm³/mol. The molecular formula is C17H37N7O3. The van der Waals surface area contributed by atoms with Crippen molar-refractivity contribution < 1.29 is 14.7 Å². The number of carbonyl (C=O) groups excluding carboxylic acids is 2. The van der Waals surface area contributed by atoms with E-state index in [0.717, 1.165) is 38.8 Å². The molecule has 0 heterocycles. The van der Waals surface area contributed by atoms with Gasteiger partial charge in [0.25, 0.3) is 0 Å². The summed E-state index contributed by atoms with van der Waals surface area (Å²) in [5.74, 6) is -1.29. The number of nitrogens with one attached hydrogen (secondary N) is 2. The number of carbonyl (C=O) groups is 2. The Kier molecular flexibility index (Phi) is 14.1. The first-order valence-corrected chi connectivity index (χ1v) is 9.56. The third kappa shape index (κ3) is 10.7. The van der Waals surface area contributed by atoms with Crippen molar-refractivity contribution in [1.82, 2.24) is 10.6 Å². The molecule has 0 aliphatic heterocycles. The molecule has 0 aliphatic rings. The second-order valence-corrected chi connectivity index (χ2v) is 6.58. The number of nitrogens with zero attached hydrogens (tertiary/aromatic N) is 1. The molecule has 0 bridgehead atoms. The molecule has 0 aromatic carbocycles. The Morgan fingerprint density at radius 3 is 2.19 bits per heavy atom. The maximum absolute atomic E-state index is 12.5. The van der Waals surface area contributed by atoms with Crippen molar-refractivity contribution in [2.45, 2.75) is 44.9 Å². The van der Waals surface area contributed by atoms with E-state index in [1.54, 1.807) is 0 Å². The van der Waals surface area contributed by atoms with Gasteiger partial charge in [-0.25, -0.2) is 0 Å². The first-order valence-electron chi connectivity index (χ1n) is 9.56. The highest BCUT2D eigenvalue weighted by Gasteiger charge is 2.43. The van der Waals surface area contributed by atoms with Crippen molar-refractivity contribution in [2.75, 3.05) is 39.3 Å². The highest BCUT2D eigenvalue weighted by Crippen LogP contribution is 2.25. The number of rotatable bonds is 17. The van der Waals surface area contributed by atoms with Crippen molar-refractivity contribution in [2.24, 2.45) is 33.3 Å². The molecule has 27 heavy (non-hydrogen) atoms. The molecular weight excluding hydrogens is 350 g/mol. The van der Waals surface area contributed by atoms with Gasteiger partial charge in [0.1, 0.15) is 5.41 Å². The summed E-state index contributed by atoms with van der Waals surface area (Å²) in [7, 11) is 0. The summed E-state index contributed by atoms with van der Waals surface area (Å²) in [4.78, 5) is 28.2. The third-order valence-corrected chi connectivity index (χ3v) is 4.36. The third-order valence-electron chi connectivity index (χ3n) is 4.36. The summed E-state index contributed by atoms with van der Waals surface area (Å²) in [6.07, 6.45) is 4.76. The molecule has 0 saturated heterocycles. The lowest BCUT2D eigenvalue weighted by Crippen LogP contribution is -2.52. The summed E-state index contributed by atoms with van der Waals surface area (Å²) in [5.41, 5.74) is 19.7. The van der Waals surface area contributed by atoms with E-state index in [9.17, 15) is 14.7 Å². The fraction of sp³-hybridized carbons (Fsp3) is 0.824. The highest BCUT2D eigenvalue weighted by atomic mass is 16.3. The standard InChI is InChI=1S/C17H37N7O3/c18-8-6-10-22-9-4-5-11-23-15(27)17(13-25,14(19)26)7-2-1-3-12-24-16(20)21/h22,25H,1-13,18H2,(H2,19,26)(H,23,27)(H4,20,21,24). The number of hydrogen-bond acceptors (Lipinski definition) is 6. The molecule has 0 rings (SSSR count). The molecule has 0 fully saturated rings. The van der Waals surface area contributed by atoms with Crippen LogP contribution in [0.15, 0.2) is 4.99 Å². The van der Waals surface area contributed by atoms with Gasteiger partial charge in [-0.3, -0.25) is 14.6 Å². The highest BCUT2D eigenvalue weighted by molar-refractivity contribution is 6.04. The van der Waals surface area contributed by atoms with Gasteiger partial charge in [0.15, 0.2) is 5.96 Å². The van der Waals surface area contributed by atoms with Crippen molar-refractivity contribution in [1.29, 1.82) is 0 Å². The molecule has 158 valence electrons. The van der Waals surface area contributed by atoms with Gasteiger partial charge in [-0.2, -0.15) is 0 Å². The molecule has 1 unspecified atom stereocenters. The van der Waals surface area contributed by atoms with Crippen molar-refractivity contribution in [3.05, 3.63) is 0 Å². The number of nitrogens with two attached hydrogens (primary N) is 4. The maximum atomic E-state index is 12.5. The zero-order valence-electron chi connectivity index (χ0n) is 16.2. The van der Waals surface area contributed by atoms with Crippen LogP contribution >= 0.6 is 0 Å². The van der Waals surface area contributed by atoms with Crippen molar-refractivity contribution in [3.63, 3.8) is 0 Å². The molecule has 11 N–H and O–H groups in total. The Hall–Kier alpha value is -1.91. The summed E-state index contributed by atoms with van der Waals surface area (Å²) >= 11 is 0. The summed E-state index contributed by atoms with van der Waals surface area (Å²) in [6, 6.07) is 0. The van der Waals surface area contributed by atoms with Crippen LogP contribution in [0.25, 0.3) is 0 Å². The molecule has 0 aromatic rings. The number of aliphatic imine (C=N–C) groups is 1.